The van der Waals surface area contributed by atoms with E-state index in [1.165, 1.54) is 30.5 Å². The maximum atomic E-state index is 3.49. The highest BCUT2D eigenvalue weighted by molar-refractivity contribution is 6.08. The lowest BCUT2D eigenvalue weighted by atomic mass is 10.4. The molecular weight excluding hydrogens is 140 g/mol. The molecule has 1 N–H and O–H groups in total. The van der Waals surface area contributed by atoms with E-state index in [0.29, 0.717) is 0 Å². The molecule has 3 radical (unpaired) electrons. The third kappa shape index (κ3) is 2.07. The molecule has 1 saturated heterocycles. The van der Waals surface area contributed by atoms with Gasteiger partial charge in [0.1, 0.15) is 6.67 Å². The molecule has 1 aliphatic heterocycles. The Morgan fingerprint density at radius 2 is 2.40 bits per heavy atom. The van der Waals surface area contributed by atoms with E-state index in [9.17, 15) is 0 Å². The van der Waals surface area contributed by atoms with Crippen LogP contribution < -0.4 is 5.32 Å². The Morgan fingerprint density at radius 3 is 2.90 bits per heavy atom. The number of rotatable bonds is 3. The molecule has 3 heteroatoms. The number of quaternary nitrogens is 1. The molecule has 1 fully saturated rings. The van der Waals surface area contributed by atoms with Crippen molar-refractivity contribution in [2.75, 3.05) is 33.4 Å². The van der Waals surface area contributed by atoms with Crippen molar-refractivity contribution in [1.29, 1.82) is 0 Å². The minimum atomic E-state index is 1.13. The lowest BCUT2D eigenvalue weighted by molar-refractivity contribution is -0.898. The highest BCUT2D eigenvalue weighted by Crippen LogP contribution is 2.06. The molecule has 0 bridgehead atoms. The largest absolute Gasteiger partial charge is 0.313 e. The molecule has 57 valence electrons. The lowest BCUT2D eigenvalue weighted by Gasteiger charge is -2.27. The molecule has 0 amide bonds. The standard InChI is InChI=1S/C7H16N2Si/c1-9(4-2-6-10)5-3-8-7-9/h8H,2-7H2,1H3/q+1. The molecule has 1 aliphatic rings. The molecular formula is C7H16N2Si+. The summed E-state index contributed by atoms with van der Waals surface area (Å²) < 4.78 is 1.21. The van der Waals surface area contributed by atoms with Gasteiger partial charge in [0.15, 0.2) is 0 Å². The van der Waals surface area contributed by atoms with E-state index in [0.717, 1.165) is 12.7 Å². The quantitative estimate of drug-likeness (QED) is 0.447. The van der Waals surface area contributed by atoms with Gasteiger partial charge in [-0.1, -0.05) is 6.04 Å². The normalized spacial score (nSPS) is 33.0. The Hall–Kier alpha value is 0.137. The Morgan fingerprint density at radius 1 is 1.60 bits per heavy atom. The van der Waals surface area contributed by atoms with Gasteiger partial charge in [-0.15, -0.1) is 0 Å². The average Bonchev–Trinajstić information content (AvgIpc) is 2.33. The minimum absolute atomic E-state index is 1.13. The van der Waals surface area contributed by atoms with Crippen LogP contribution in [0.2, 0.25) is 6.04 Å². The second-order valence-corrected chi connectivity index (χ2v) is 3.83. The minimum Gasteiger partial charge on any atom is -0.313 e. The van der Waals surface area contributed by atoms with Crippen molar-refractivity contribution >= 4 is 10.2 Å². The Kier molecular flexibility index (Phi) is 2.89. The summed E-state index contributed by atoms with van der Waals surface area (Å²) in [6, 6.07) is 1.13. The van der Waals surface area contributed by atoms with Gasteiger partial charge in [0, 0.05) is 16.8 Å². The first kappa shape index (κ1) is 8.24. The van der Waals surface area contributed by atoms with Gasteiger partial charge in [-0.25, -0.2) is 0 Å². The van der Waals surface area contributed by atoms with Crippen LogP contribution >= 0.6 is 0 Å². The maximum Gasteiger partial charge on any atom is 0.132 e. The molecule has 0 aromatic rings. The molecule has 1 heterocycles. The van der Waals surface area contributed by atoms with Crippen LogP contribution in [-0.2, 0) is 0 Å². The first-order valence-electron chi connectivity index (χ1n) is 3.96. The predicted octanol–water partition coefficient (Wildman–Crippen LogP) is -0.0294. The van der Waals surface area contributed by atoms with E-state index in [1.807, 2.05) is 0 Å². The van der Waals surface area contributed by atoms with Crippen molar-refractivity contribution in [3.63, 3.8) is 0 Å². The molecule has 0 spiro atoms. The first-order chi connectivity index (χ1) is 4.77. The molecule has 1 atom stereocenters. The lowest BCUT2D eigenvalue weighted by Crippen LogP contribution is -2.43. The molecule has 1 rings (SSSR count). The van der Waals surface area contributed by atoms with E-state index in [4.69, 9.17) is 0 Å². The summed E-state index contributed by atoms with van der Waals surface area (Å²) in [4.78, 5) is 0. The molecule has 10 heavy (non-hydrogen) atoms. The SMILES string of the molecule is C[N+]1(CCC[Si])CCNC1. The zero-order valence-corrected chi connectivity index (χ0v) is 7.69. The average molecular weight is 156 g/mol. The first-order valence-corrected chi connectivity index (χ1v) is 4.66. The summed E-state index contributed by atoms with van der Waals surface area (Å²) in [5.41, 5.74) is 0. The summed E-state index contributed by atoms with van der Waals surface area (Å²) in [5.74, 6) is 0. The third-order valence-corrected chi connectivity index (χ3v) is 2.55. The van der Waals surface area contributed by atoms with E-state index >= 15 is 0 Å². The number of hydrogen-bond donors (Lipinski definition) is 1. The number of nitrogens with one attached hydrogen (secondary N) is 1. The van der Waals surface area contributed by atoms with Gasteiger partial charge in [-0.2, -0.15) is 0 Å². The second-order valence-electron chi connectivity index (χ2n) is 3.33. The van der Waals surface area contributed by atoms with Gasteiger partial charge in [0.05, 0.1) is 20.1 Å². The smallest absolute Gasteiger partial charge is 0.132 e. The van der Waals surface area contributed by atoms with E-state index in [-0.39, 0.29) is 0 Å². The molecule has 0 aliphatic carbocycles. The van der Waals surface area contributed by atoms with Gasteiger partial charge >= 0.3 is 0 Å². The van der Waals surface area contributed by atoms with Crippen LogP contribution in [-0.4, -0.2) is 48.1 Å². The van der Waals surface area contributed by atoms with Gasteiger partial charge in [-0.05, 0) is 6.42 Å². The Balaban J connectivity index is 2.22. The van der Waals surface area contributed by atoms with Crippen molar-refractivity contribution in [3.05, 3.63) is 0 Å². The van der Waals surface area contributed by atoms with Crippen LogP contribution in [0.1, 0.15) is 6.42 Å². The van der Waals surface area contributed by atoms with E-state index < -0.39 is 0 Å². The molecule has 2 nitrogen and oxygen atoms in total. The van der Waals surface area contributed by atoms with E-state index in [2.05, 4.69) is 22.6 Å². The van der Waals surface area contributed by atoms with Crippen molar-refractivity contribution in [2.45, 2.75) is 12.5 Å². The van der Waals surface area contributed by atoms with Crippen LogP contribution in [0, 0.1) is 0 Å². The predicted molar refractivity (Wildman–Crippen MR) is 44.0 cm³/mol. The summed E-state index contributed by atoms with van der Waals surface area (Å²) >= 11 is 0. The van der Waals surface area contributed by atoms with Crippen LogP contribution in [0.3, 0.4) is 0 Å². The highest BCUT2D eigenvalue weighted by atomic mass is 28.1. The van der Waals surface area contributed by atoms with Crippen LogP contribution in [0.4, 0.5) is 0 Å². The van der Waals surface area contributed by atoms with Crippen LogP contribution in [0.25, 0.3) is 0 Å². The van der Waals surface area contributed by atoms with Crippen molar-refractivity contribution in [2.24, 2.45) is 0 Å². The molecule has 0 aromatic carbocycles. The summed E-state index contributed by atoms with van der Waals surface area (Å²) in [6.07, 6.45) is 1.29. The van der Waals surface area contributed by atoms with Gasteiger partial charge in [-0.3, -0.25) is 5.32 Å². The fourth-order valence-corrected chi connectivity index (χ4v) is 1.59. The zero-order valence-electron chi connectivity index (χ0n) is 6.69. The summed E-state index contributed by atoms with van der Waals surface area (Å²) in [7, 11) is 5.82. The van der Waals surface area contributed by atoms with Crippen molar-refractivity contribution in [1.82, 2.24) is 5.32 Å². The van der Waals surface area contributed by atoms with E-state index in [1.54, 1.807) is 0 Å². The fraction of sp³-hybridized carbons (Fsp3) is 1.00. The highest BCUT2D eigenvalue weighted by Gasteiger charge is 2.24. The number of hydrogen-bond acceptors (Lipinski definition) is 1. The maximum absolute atomic E-state index is 3.49. The summed E-state index contributed by atoms with van der Waals surface area (Å²) in [5, 5.41) is 3.38. The zero-order chi connectivity index (χ0) is 7.45. The second kappa shape index (κ2) is 3.51. The Labute approximate surface area is 66.6 Å². The van der Waals surface area contributed by atoms with Crippen LogP contribution in [0.5, 0.6) is 0 Å². The Bertz CT molecular complexity index is 99.8. The van der Waals surface area contributed by atoms with Gasteiger partial charge < -0.3 is 4.48 Å². The summed E-state index contributed by atoms with van der Waals surface area (Å²) in [6.45, 7) is 4.95. The molecule has 0 aromatic heterocycles. The topological polar surface area (TPSA) is 12.0 Å². The molecule has 0 saturated carbocycles. The third-order valence-electron chi connectivity index (χ3n) is 2.20. The number of nitrogens with zero attached hydrogens (tertiary/aromatic N) is 1. The fourth-order valence-electron chi connectivity index (χ4n) is 1.43. The van der Waals surface area contributed by atoms with Gasteiger partial charge in [0.2, 0.25) is 0 Å². The number of likely N-dealkylation sites (N-methyl/N-ethyl adjacent to an activating group) is 1. The van der Waals surface area contributed by atoms with Crippen molar-refractivity contribution < 1.29 is 4.48 Å². The van der Waals surface area contributed by atoms with Crippen LogP contribution in [0.15, 0.2) is 0 Å². The van der Waals surface area contributed by atoms with Crippen molar-refractivity contribution in [3.8, 4) is 0 Å². The molecule has 1 unspecified atom stereocenters. The monoisotopic (exact) mass is 156 g/mol. The van der Waals surface area contributed by atoms with Gasteiger partial charge in [0.25, 0.3) is 0 Å².